The number of likely N-dealkylation sites (tertiary alicyclic amines) is 1. The summed E-state index contributed by atoms with van der Waals surface area (Å²) in [5.41, 5.74) is 3.69. The Balaban J connectivity index is 1.38. The second-order valence-corrected chi connectivity index (χ2v) is 6.91. The first-order chi connectivity index (χ1) is 13.0. The number of carbonyl (C=O) groups is 1. The van der Waals surface area contributed by atoms with Crippen LogP contribution >= 0.6 is 0 Å². The average Bonchev–Trinajstić information content (AvgIpc) is 3.35. The molecule has 1 atom stereocenters. The molecule has 1 saturated heterocycles. The summed E-state index contributed by atoms with van der Waals surface area (Å²) in [5.74, 6) is 1.06. The molecule has 0 unspecified atom stereocenters. The molecule has 3 aromatic rings. The van der Waals surface area contributed by atoms with Crippen molar-refractivity contribution >= 4 is 11.7 Å². The number of nitrogens with zero attached hydrogens (tertiary/aromatic N) is 5. The van der Waals surface area contributed by atoms with Gasteiger partial charge in [-0.25, -0.2) is 4.79 Å². The predicted molar refractivity (Wildman–Crippen MR) is 100 cm³/mol. The third-order valence-corrected chi connectivity index (χ3v) is 4.75. The molecular weight excluding hydrogens is 344 g/mol. The zero-order valence-electron chi connectivity index (χ0n) is 15.6. The van der Waals surface area contributed by atoms with E-state index in [4.69, 9.17) is 4.52 Å². The molecular formula is C19H22N6O2. The monoisotopic (exact) mass is 366 g/mol. The summed E-state index contributed by atoms with van der Waals surface area (Å²) in [4.78, 5) is 18.6. The Morgan fingerprint density at radius 1 is 1.22 bits per heavy atom. The molecule has 0 radical (unpaired) electrons. The van der Waals surface area contributed by atoms with Gasteiger partial charge in [-0.3, -0.25) is 4.68 Å². The number of hydrogen-bond acceptors (Lipinski definition) is 5. The van der Waals surface area contributed by atoms with Crippen LogP contribution in [0.1, 0.15) is 29.7 Å². The van der Waals surface area contributed by atoms with E-state index in [1.54, 1.807) is 6.92 Å². The molecule has 2 aromatic heterocycles. The van der Waals surface area contributed by atoms with Gasteiger partial charge in [0.2, 0.25) is 0 Å². The van der Waals surface area contributed by atoms with Crippen molar-refractivity contribution in [3.05, 3.63) is 47.5 Å². The van der Waals surface area contributed by atoms with E-state index in [-0.39, 0.29) is 12.1 Å². The van der Waals surface area contributed by atoms with Gasteiger partial charge in [0.05, 0.1) is 11.7 Å². The van der Waals surface area contributed by atoms with E-state index in [2.05, 4.69) is 33.5 Å². The summed E-state index contributed by atoms with van der Waals surface area (Å²) in [6.07, 6.45) is 0.908. The first kappa shape index (κ1) is 17.3. The fourth-order valence-corrected chi connectivity index (χ4v) is 3.45. The summed E-state index contributed by atoms with van der Waals surface area (Å²) in [7, 11) is 0. The van der Waals surface area contributed by atoms with Crippen molar-refractivity contribution in [2.45, 2.75) is 33.2 Å². The number of rotatable bonds is 3. The SMILES string of the molecule is Cc1cc(C)n([C@@H]2CCN(C(=O)Nc3ccc(-c4nc(C)no4)cc3)C2)n1. The summed E-state index contributed by atoms with van der Waals surface area (Å²) in [6, 6.07) is 9.57. The second-order valence-electron chi connectivity index (χ2n) is 6.91. The molecule has 4 rings (SSSR count). The third kappa shape index (κ3) is 3.55. The normalized spacial score (nSPS) is 16.7. The zero-order valence-corrected chi connectivity index (χ0v) is 15.6. The third-order valence-electron chi connectivity index (χ3n) is 4.75. The Morgan fingerprint density at radius 3 is 2.63 bits per heavy atom. The van der Waals surface area contributed by atoms with Crippen molar-refractivity contribution in [3.8, 4) is 11.5 Å². The number of amides is 2. The van der Waals surface area contributed by atoms with Crippen molar-refractivity contribution in [1.82, 2.24) is 24.8 Å². The molecule has 8 nitrogen and oxygen atoms in total. The number of nitrogens with one attached hydrogen (secondary N) is 1. The number of hydrogen-bond donors (Lipinski definition) is 1. The van der Waals surface area contributed by atoms with E-state index >= 15 is 0 Å². The van der Waals surface area contributed by atoms with Gasteiger partial charge in [0.1, 0.15) is 0 Å². The van der Waals surface area contributed by atoms with Gasteiger partial charge in [-0.15, -0.1) is 0 Å². The molecule has 0 spiro atoms. The van der Waals surface area contributed by atoms with Crippen molar-refractivity contribution in [1.29, 1.82) is 0 Å². The highest BCUT2D eigenvalue weighted by atomic mass is 16.5. The van der Waals surface area contributed by atoms with Crippen molar-refractivity contribution in [2.24, 2.45) is 0 Å². The fraction of sp³-hybridized carbons (Fsp3) is 0.368. The van der Waals surface area contributed by atoms with Crippen LogP contribution < -0.4 is 5.32 Å². The van der Waals surface area contributed by atoms with Gasteiger partial charge < -0.3 is 14.7 Å². The topological polar surface area (TPSA) is 89.1 Å². The van der Waals surface area contributed by atoms with Crippen LogP contribution in [0.2, 0.25) is 0 Å². The Morgan fingerprint density at radius 2 is 2.00 bits per heavy atom. The van der Waals surface area contributed by atoms with Gasteiger partial charge in [-0.1, -0.05) is 5.16 Å². The Kier molecular flexibility index (Phi) is 4.39. The van der Waals surface area contributed by atoms with Gasteiger partial charge in [0, 0.05) is 30.0 Å². The average molecular weight is 366 g/mol. The van der Waals surface area contributed by atoms with E-state index in [1.165, 1.54) is 0 Å². The van der Waals surface area contributed by atoms with Gasteiger partial charge in [-0.2, -0.15) is 10.1 Å². The van der Waals surface area contributed by atoms with E-state index in [9.17, 15) is 4.79 Å². The Hall–Kier alpha value is -3.16. The van der Waals surface area contributed by atoms with E-state index in [0.29, 0.717) is 24.8 Å². The summed E-state index contributed by atoms with van der Waals surface area (Å²) < 4.78 is 7.18. The minimum Gasteiger partial charge on any atom is -0.334 e. The molecule has 1 aliphatic rings. The molecule has 1 aromatic carbocycles. The van der Waals surface area contributed by atoms with Crippen LogP contribution in [0.4, 0.5) is 10.5 Å². The molecule has 3 heterocycles. The molecule has 8 heteroatoms. The summed E-state index contributed by atoms with van der Waals surface area (Å²) in [5, 5.41) is 11.3. The first-order valence-corrected chi connectivity index (χ1v) is 8.99. The molecule has 0 saturated carbocycles. The van der Waals surface area contributed by atoms with Gasteiger partial charge >= 0.3 is 6.03 Å². The zero-order chi connectivity index (χ0) is 19.0. The van der Waals surface area contributed by atoms with Crippen molar-refractivity contribution < 1.29 is 9.32 Å². The lowest BCUT2D eigenvalue weighted by Gasteiger charge is -2.18. The number of urea groups is 1. The van der Waals surface area contributed by atoms with E-state index in [1.807, 2.05) is 40.8 Å². The maximum absolute atomic E-state index is 12.6. The lowest BCUT2D eigenvalue weighted by Crippen LogP contribution is -2.33. The van der Waals surface area contributed by atoms with Crippen LogP contribution in [-0.4, -0.2) is 43.9 Å². The lowest BCUT2D eigenvalue weighted by atomic mass is 10.2. The highest BCUT2D eigenvalue weighted by Gasteiger charge is 2.28. The number of aromatic nitrogens is 4. The molecule has 2 amide bonds. The molecule has 0 bridgehead atoms. The predicted octanol–water partition coefficient (Wildman–Crippen LogP) is 3.34. The van der Waals surface area contributed by atoms with Crippen LogP contribution in [0.5, 0.6) is 0 Å². The molecule has 27 heavy (non-hydrogen) atoms. The number of carbonyl (C=O) groups excluding carboxylic acids is 1. The quantitative estimate of drug-likeness (QED) is 0.768. The highest BCUT2D eigenvalue weighted by Crippen LogP contribution is 2.24. The maximum Gasteiger partial charge on any atom is 0.321 e. The first-order valence-electron chi connectivity index (χ1n) is 8.99. The number of aryl methyl sites for hydroxylation is 3. The minimum atomic E-state index is -0.0968. The van der Waals surface area contributed by atoms with Crippen LogP contribution in [0.15, 0.2) is 34.9 Å². The molecule has 0 aliphatic carbocycles. The highest BCUT2D eigenvalue weighted by molar-refractivity contribution is 5.89. The fourth-order valence-electron chi connectivity index (χ4n) is 3.45. The smallest absolute Gasteiger partial charge is 0.321 e. The molecule has 1 aliphatic heterocycles. The van der Waals surface area contributed by atoms with Crippen LogP contribution in [-0.2, 0) is 0 Å². The molecule has 1 fully saturated rings. The standard InChI is InChI=1S/C19H22N6O2/c1-12-10-13(2)25(22-12)17-8-9-24(11-17)19(26)21-16-6-4-15(5-7-16)18-20-14(3)23-27-18/h4-7,10,17H,8-9,11H2,1-3H3,(H,21,26)/t17-/m1/s1. The lowest BCUT2D eigenvalue weighted by molar-refractivity contribution is 0.220. The largest absolute Gasteiger partial charge is 0.334 e. The number of benzene rings is 1. The second kappa shape index (κ2) is 6.86. The Labute approximate surface area is 157 Å². The minimum absolute atomic E-state index is 0.0968. The maximum atomic E-state index is 12.6. The van der Waals surface area contributed by atoms with Gasteiger partial charge in [-0.05, 0) is 57.5 Å². The van der Waals surface area contributed by atoms with Crippen LogP contribution in [0.25, 0.3) is 11.5 Å². The number of anilines is 1. The van der Waals surface area contributed by atoms with Gasteiger partial charge in [0.25, 0.3) is 5.89 Å². The van der Waals surface area contributed by atoms with Crippen molar-refractivity contribution in [2.75, 3.05) is 18.4 Å². The summed E-state index contributed by atoms with van der Waals surface area (Å²) in [6.45, 7) is 7.19. The van der Waals surface area contributed by atoms with Crippen LogP contribution in [0, 0.1) is 20.8 Å². The van der Waals surface area contributed by atoms with Crippen LogP contribution in [0.3, 0.4) is 0 Å². The Bertz CT molecular complexity index is 959. The molecule has 140 valence electrons. The van der Waals surface area contributed by atoms with E-state index < -0.39 is 0 Å². The van der Waals surface area contributed by atoms with E-state index in [0.717, 1.165) is 29.1 Å². The summed E-state index contributed by atoms with van der Waals surface area (Å²) >= 11 is 0. The molecule has 1 N–H and O–H groups in total. The van der Waals surface area contributed by atoms with Gasteiger partial charge in [0.15, 0.2) is 5.82 Å². The van der Waals surface area contributed by atoms with Crippen molar-refractivity contribution in [3.63, 3.8) is 0 Å².